The smallest absolute Gasteiger partial charge is 0.338 e. The Balaban J connectivity index is 1.39. The van der Waals surface area contributed by atoms with Gasteiger partial charge < -0.3 is 23.5 Å². The maximum Gasteiger partial charge on any atom is 0.338 e. The van der Waals surface area contributed by atoms with E-state index in [1.54, 1.807) is 89.6 Å². The molecule has 0 fully saturated rings. The van der Waals surface area contributed by atoms with E-state index in [-0.39, 0.29) is 35.7 Å². The highest BCUT2D eigenvalue weighted by molar-refractivity contribution is 5.94. The van der Waals surface area contributed by atoms with Crippen molar-refractivity contribution in [3.8, 4) is 23.2 Å². The van der Waals surface area contributed by atoms with Crippen molar-refractivity contribution in [3.63, 3.8) is 0 Å². The second-order valence-corrected chi connectivity index (χ2v) is 12.2. The molecular formula is C37H36F2N4O5. The normalized spacial score (nSPS) is 11.5. The summed E-state index contributed by atoms with van der Waals surface area (Å²) in [6.07, 6.45) is -0.00578. The molecular weight excluding hydrogens is 618 g/mol. The Morgan fingerprint density at radius 2 is 1.71 bits per heavy atom. The van der Waals surface area contributed by atoms with E-state index in [0.29, 0.717) is 47.7 Å². The van der Waals surface area contributed by atoms with Gasteiger partial charge >= 0.3 is 5.97 Å². The van der Waals surface area contributed by atoms with Crippen molar-refractivity contribution >= 4 is 17.0 Å². The zero-order chi connectivity index (χ0) is 34.4. The SMILES string of the molecule is COCCn1c(Cc2cc(F)c(-c3cccc(OCc4ccc(C#N)cc4COC)n3)cc2F)nc2ccc(C(=O)OC(C)(C)C)cc21. The Kier molecular flexibility index (Phi) is 10.5. The molecule has 3 aromatic carbocycles. The van der Waals surface area contributed by atoms with Crippen LogP contribution in [0, 0.1) is 23.0 Å². The van der Waals surface area contributed by atoms with Gasteiger partial charge in [-0.2, -0.15) is 5.26 Å². The number of pyridine rings is 1. The third-order valence-electron chi connectivity index (χ3n) is 7.48. The summed E-state index contributed by atoms with van der Waals surface area (Å²) in [4.78, 5) is 21.9. The Morgan fingerprint density at radius 3 is 2.44 bits per heavy atom. The summed E-state index contributed by atoms with van der Waals surface area (Å²) in [5.41, 5.74) is 3.35. The van der Waals surface area contributed by atoms with Crippen LogP contribution in [0.3, 0.4) is 0 Å². The molecule has 0 saturated carbocycles. The molecule has 0 aliphatic rings. The molecule has 48 heavy (non-hydrogen) atoms. The lowest BCUT2D eigenvalue weighted by Gasteiger charge is -2.19. The highest BCUT2D eigenvalue weighted by atomic mass is 19.1. The van der Waals surface area contributed by atoms with Gasteiger partial charge in [-0.05, 0) is 86.0 Å². The minimum Gasteiger partial charge on any atom is -0.473 e. The maximum absolute atomic E-state index is 15.6. The molecule has 0 saturated heterocycles. The number of aromatic nitrogens is 3. The van der Waals surface area contributed by atoms with Gasteiger partial charge in [-0.25, -0.2) is 23.5 Å². The fourth-order valence-corrected chi connectivity index (χ4v) is 5.22. The molecule has 5 aromatic rings. The largest absolute Gasteiger partial charge is 0.473 e. The summed E-state index contributed by atoms with van der Waals surface area (Å²) in [6.45, 7) is 6.54. The monoisotopic (exact) mass is 654 g/mol. The van der Waals surface area contributed by atoms with Crippen LogP contribution in [0.25, 0.3) is 22.3 Å². The lowest BCUT2D eigenvalue weighted by molar-refractivity contribution is 0.00696. The predicted octanol–water partition coefficient (Wildman–Crippen LogP) is 7.17. The highest BCUT2D eigenvalue weighted by Gasteiger charge is 2.21. The third kappa shape index (κ3) is 8.02. The number of carbonyl (C=O) groups is 1. The van der Waals surface area contributed by atoms with Crippen molar-refractivity contribution in [1.29, 1.82) is 5.26 Å². The van der Waals surface area contributed by atoms with E-state index < -0.39 is 23.2 Å². The number of hydrogen-bond acceptors (Lipinski definition) is 8. The molecule has 0 N–H and O–H groups in total. The minimum absolute atomic E-state index is 0.00578. The van der Waals surface area contributed by atoms with Crippen LogP contribution in [0.2, 0.25) is 0 Å². The summed E-state index contributed by atoms with van der Waals surface area (Å²) < 4.78 is 55.0. The number of methoxy groups -OCH3 is 2. The van der Waals surface area contributed by atoms with Crippen LogP contribution < -0.4 is 4.74 Å². The molecule has 248 valence electrons. The van der Waals surface area contributed by atoms with Gasteiger partial charge in [0.15, 0.2) is 0 Å². The second-order valence-electron chi connectivity index (χ2n) is 12.2. The van der Waals surface area contributed by atoms with Crippen LogP contribution in [-0.2, 0) is 40.4 Å². The average molecular weight is 655 g/mol. The number of rotatable bonds is 12. The van der Waals surface area contributed by atoms with Crippen molar-refractivity contribution in [2.75, 3.05) is 20.8 Å². The molecule has 0 unspecified atom stereocenters. The molecule has 0 atom stereocenters. The first kappa shape index (κ1) is 34.2. The van der Waals surface area contributed by atoms with E-state index in [9.17, 15) is 10.1 Å². The summed E-state index contributed by atoms with van der Waals surface area (Å²) in [6, 6.07) is 19.5. The molecule has 2 aromatic heterocycles. The van der Waals surface area contributed by atoms with Crippen molar-refractivity contribution in [2.24, 2.45) is 0 Å². The zero-order valence-corrected chi connectivity index (χ0v) is 27.5. The first-order valence-corrected chi connectivity index (χ1v) is 15.3. The van der Waals surface area contributed by atoms with Crippen LogP contribution in [0.5, 0.6) is 5.88 Å². The number of esters is 1. The van der Waals surface area contributed by atoms with E-state index >= 15 is 8.78 Å². The number of fused-ring (bicyclic) bond motifs is 1. The highest BCUT2D eigenvalue weighted by Crippen LogP contribution is 2.29. The number of carbonyl (C=O) groups excluding carboxylic acids is 1. The average Bonchev–Trinajstić information content (AvgIpc) is 3.40. The fraction of sp³-hybridized carbons (Fsp3) is 0.297. The molecule has 9 nitrogen and oxygen atoms in total. The van der Waals surface area contributed by atoms with Crippen LogP contribution in [0.4, 0.5) is 8.78 Å². The molecule has 0 aliphatic carbocycles. The van der Waals surface area contributed by atoms with Crippen LogP contribution in [-0.4, -0.2) is 46.9 Å². The standard InChI is InChI=1S/C37H36F2N4O5/c1-37(2,3)48-36(44)24-11-12-32-33(17-24)43(13-14-45-4)34(41-32)18-26-16-30(39)28(19-29(26)38)31-7-6-8-35(42-31)47-22-25-10-9-23(20-40)15-27(25)21-46-5/h6-12,15-17,19H,13-14,18,21-22H2,1-5H3. The molecule has 2 heterocycles. The Bertz CT molecular complexity index is 1990. The predicted molar refractivity (Wildman–Crippen MR) is 175 cm³/mol. The molecule has 0 radical (unpaired) electrons. The van der Waals surface area contributed by atoms with Gasteiger partial charge in [-0.1, -0.05) is 12.1 Å². The number of nitriles is 1. The van der Waals surface area contributed by atoms with E-state index in [2.05, 4.69) is 16.0 Å². The Labute approximate surface area is 277 Å². The second kappa shape index (κ2) is 14.7. The quantitative estimate of drug-likeness (QED) is 0.130. The number of hydrogen-bond donors (Lipinski definition) is 0. The van der Waals surface area contributed by atoms with Crippen molar-refractivity contribution < 1.29 is 32.5 Å². The summed E-state index contributed by atoms with van der Waals surface area (Å²) >= 11 is 0. The molecule has 0 spiro atoms. The first-order chi connectivity index (χ1) is 23.0. The molecule has 0 bridgehead atoms. The third-order valence-corrected chi connectivity index (χ3v) is 7.48. The van der Waals surface area contributed by atoms with E-state index in [0.717, 1.165) is 23.3 Å². The number of halogens is 2. The van der Waals surface area contributed by atoms with E-state index in [4.69, 9.17) is 18.9 Å². The molecule has 0 amide bonds. The van der Waals surface area contributed by atoms with Gasteiger partial charge in [0.2, 0.25) is 5.88 Å². The van der Waals surface area contributed by atoms with Gasteiger partial charge in [0.25, 0.3) is 0 Å². The minimum atomic E-state index is -0.661. The van der Waals surface area contributed by atoms with Gasteiger partial charge in [-0.15, -0.1) is 0 Å². The first-order valence-electron chi connectivity index (χ1n) is 15.3. The summed E-state index contributed by atoms with van der Waals surface area (Å²) in [7, 11) is 3.13. The number of benzene rings is 3. The van der Waals surface area contributed by atoms with Crippen molar-refractivity contribution in [2.45, 2.75) is 52.6 Å². The molecule has 11 heteroatoms. The van der Waals surface area contributed by atoms with Gasteiger partial charge in [0.1, 0.15) is 29.7 Å². The Morgan fingerprint density at radius 1 is 0.896 bits per heavy atom. The van der Waals surface area contributed by atoms with E-state index in [1.165, 1.54) is 0 Å². The Hall–Kier alpha value is -5.18. The topological polar surface area (TPSA) is 108 Å². The summed E-state index contributed by atoms with van der Waals surface area (Å²) in [5.74, 6) is -1.04. The van der Waals surface area contributed by atoms with Gasteiger partial charge in [-0.3, -0.25) is 0 Å². The van der Waals surface area contributed by atoms with Crippen molar-refractivity contribution in [3.05, 3.63) is 112 Å². The van der Waals surface area contributed by atoms with Crippen molar-refractivity contribution in [1.82, 2.24) is 14.5 Å². The summed E-state index contributed by atoms with van der Waals surface area (Å²) in [5, 5.41) is 9.22. The van der Waals surface area contributed by atoms with Crippen LogP contribution in [0.1, 0.15) is 59.2 Å². The van der Waals surface area contributed by atoms with Gasteiger partial charge in [0, 0.05) is 38.8 Å². The van der Waals surface area contributed by atoms with E-state index in [1.807, 2.05) is 4.57 Å². The number of ether oxygens (including phenoxy) is 4. The fourth-order valence-electron chi connectivity index (χ4n) is 5.22. The number of nitrogens with zero attached hydrogens (tertiary/aromatic N) is 4. The zero-order valence-electron chi connectivity index (χ0n) is 27.5. The molecule has 5 rings (SSSR count). The number of imidazole rings is 1. The maximum atomic E-state index is 15.6. The van der Waals surface area contributed by atoms with Gasteiger partial charge in [0.05, 0.1) is 47.1 Å². The van der Waals surface area contributed by atoms with Crippen LogP contribution in [0.15, 0.2) is 66.7 Å². The lowest BCUT2D eigenvalue weighted by atomic mass is 10.0. The van der Waals surface area contributed by atoms with Crippen LogP contribution >= 0.6 is 0 Å². The lowest BCUT2D eigenvalue weighted by Crippen LogP contribution is -2.23. The molecule has 0 aliphatic heterocycles.